The van der Waals surface area contributed by atoms with E-state index in [4.69, 9.17) is 16.3 Å². The maximum absolute atomic E-state index is 13.0. The van der Waals surface area contributed by atoms with Gasteiger partial charge in [0.2, 0.25) is 5.88 Å². The average molecular weight is 456 g/mol. The maximum atomic E-state index is 13.0. The number of likely N-dealkylation sites (N-methyl/N-ethyl adjacent to an activating group) is 1. The number of nitrogens with zero attached hydrogens (tertiary/aromatic N) is 3. The number of ether oxygens (including phenoxy) is 1. The van der Waals surface area contributed by atoms with Crippen LogP contribution < -0.4 is 4.74 Å². The molecule has 0 spiro atoms. The number of halogens is 7. The van der Waals surface area contributed by atoms with Crippen molar-refractivity contribution in [1.29, 1.82) is 0 Å². The Labute approximate surface area is 172 Å². The minimum absolute atomic E-state index is 0.0953. The first kappa shape index (κ1) is 23.7. The van der Waals surface area contributed by atoms with Crippen LogP contribution in [0.5, 0.6) is 5.88 Å². The van der Waals surface area contributed by atoms with E-state index >= 15 is 0 Å². The maximum Gasteiger partial charge on any atom is 0.417 e. The Balaban J connectivity index is 2.13. The minimum Gasteiger partial charge on any atom is -0.475 e. The number of amides is 1. The molecule has 30 heavy (non-hydrogen) atoms. The molecule has 0 saturated heterocycles. The van der Waals surface area contributed by atoms with Gasteiger partial charge in [-0.05, 0) is 26.0 Å². The Hall–Kier alpha value is -2.56. The average Bonchev–Trinajstić information content (AvgIpc) is 2.65. The molecule has 5 nitrogen and oxygen atoms in total. The first-order chi connectivity index (χ1) is 13.9. The molecule has 0 saturated carbocycles. The van der Waals surface area contributed by atoms with Crippen molar-refractivity contribution >= 4 is 17.5 Å². The molecule has 1 atom stereocenters. The zero-order chi connectivity index (χ0) is 22.7. The number of pyridine rings is 2. The summed E-state index contributed by atoms with van der Waals surface area (Å²) in [6, 6.07) is 1.82. The van der Waals surface area contributed by atoms with Gasteiger partial charge in [-0.15, -0.1) is 0 Å². The van der Waals surface area contributed by atoms with Gasteiger partial charge in [-0.2, -0.15) is 26.3 Å². The summed E-state index contributed by atoms with van der Waals surface area (Å²) in [6.07, 6.45) is -7.85. The van der Waals surface area contributed by atoms with Crippen molar-refractivity contribution in [3.63, 3.8) is 0 Å². The third-order valence-corrected chi connectivity index (χ3v) is 4.45. The molecule has 0 N–H and O–H groups in total. The fourth-order valence-corrected chi connectivity index (χ4v) is 2.83. The molecule has 1 unspecified atom stereocenters. The van der Waals surface area contributed by atoms with Crippen LogP contribution in [-0.2, 0) is 12.4 Å². The van der Waals surface area contributed by atoms with Crippen LogP contribution >= 0.6 is 11.6 Å². The normalized spacial score (nSPS) is 13.1. The number of alkyl halides is 6. The fourth-order valence-electron chi connectivity index (χ4n) is 2.53. The highest BCUT2D eigenvalue weighted by Gasteiger charge is 2.36. The monoisotopic (exact) mass is 455 g/mol. The summed E-state index contributed by atoms with van der Waals surface area (Å²) in [5, 5.41) is -0.814. The second kappa shape index (κ2) is 9.07. The topological polar surface area (TPSA) is 55.3 Å². The molecule has 2 aromatic rings. The summed E-state index contributed by atoms with van der Waals surface area (Å²) in [7, 11) is 0. The number of hydrogen-bond acceptors (Lipinski definition) is 4. The van der Waals surface area contributed by atoms with Crippen LogP contribution in [0.2, 0.25) is 5.02 Å². The second-order valence-corrected chi connectivity index (χ2v) is 6.53. The van der Waals surface area contributed by atoms with Crippen LogP contribution in [0.1, 0.15) is 35.5 Å². The van der Waals surface area contributed by atoms with Crippen LogP contribution in [0.15, 0.2) is 30.6 Å². The van der Waals surface area contributed by atoms with E-state index in [-0.39, 0.29) is 19.0 Å². The highest BCUT2D eigenvalue weighted by molar-refractivity contribution is 6.34. The molecule has 0 radical (unpaired) electrons. The number of rotatable bonds is 6. The molecule has 0 fully saturated rings. The lowest BCUT2D eigenvalue weighted by atomic mass is 10.2. The van der Waals surface area contributed by atoms with Crippen molar-refractivity contribution in [2.45, 2.75) is 32.2 Å². The molecule has 2 rings (SSSR count). The Morgan fingerprint density at radius 1 is 1.13 bits per heavy atom. The van der Waals surface area contributed by atoms with Gasteiger partial charge in [-0.1, -0.05) is 11.6 Å². The molecule has 0 aliphatic rings. The van der Waals surface area contributed by atoms with Crippen LogP contribution in [0.3, 0.4) is 0 Å². The first-order valence-corrected chi connectivity index (χ1v) is 8.92. The molecule has 0 aliphatic carbocycles. The van der Waals surface area contributed by atoms with Crippen molar-refractivity contribution in [3.8, 4) is 5.88 Å². The van der Waals surface area contributed by atoms with Gasteiger partial charge < -0.3 is 9.64 Å². The van der Waals surface area contributed by atoms with Crippen molar-refractivity contribution in [2.24, 2.45) is 0 Å². The van der Waals surface area contributed by atoms with Crippen molar-refractivity contribution in [3.05, 3.63) is 52.4 Å². The van der Waals surface area contributed by atoms with Crippen LogP contribution in [0.25, 0.3) is 0 Å². The summed E-state index contributed by atoms with van der Waals surface area (Å²) >= 11 is 5.76. The van der Waals surface area contributed by atoms with E-state index in [9.17, 15) is 31.1 Å². The fraction of sp³-hybridized carbons (Fsp3) is 0.389. The highest BCUT2D eigenvalue weighted by atomic mass is 35.5. The van der Waals surface area contributed by atoms with Gasteiger partial charge in [0.25, 0.3) is 5.91 Å². The molecule has 0 aliphatic heterocycles. The highest BCUT2D eigenvalue weighted by Crippen LogP contribution is 2.36. The predicted octanol–water partition coefficient (Wildman–Crippen LogP) is 5.10. The Kier molecular flexibility index (Phi) is 7.17. The zero-order valence-electron chi connectivity index (χ0n) is 15.7. The van der Waals surface area contributed by atoms with Gasteiger partial charge in [0, 0.05) is 25.0 Å². The Bertz CT molecular complexity index is 887. The molecule has 0 bridgehead atoms. The smallest absolute Gasteiger partial charge is 0.417 e. The number of aromatic nitrogens is 2. The van der Waals surface area contributed by atoms with Gasteiger partial charge in [-0.25, -0.2) is 9.97 Å². The molecule has 164 valence electrons. The van der Waals surface area contributed by atoms with E-state index in [0.29, 0.717) is 12.3 Å². The summed E-state index contributed by atoms with van der Waals surface area (Å²) in [5.41, 5.74) is -2.69. The Morgan fingerprint density at radius 3 is 2.30 bits per heavy atom. The summed E-state index contributed by atoms with van der Waals surface area (Å²) < 4.78 is 82.0. The molecular weight excluding hydrogens is 440 g/mol. The third kappa shape index (κ3) is 5.53. The van der Waals surface area contributed by atoms with Gasteiger partial charge >= 0.3 is 12.4 Å². The van der Waals surface area contributed by atoms with Gasteiger partial charge in [0.1, 0.15) is 12.3 Å². The summed E-state index contributed by atoms with van der Waals surface area (Å²) in [4.78, 5) is 21.1. The van der Waals surface area contributed by atoms with Crippen LogP contribution in [-0.4, -0.2) is 40.0 Å². The molecule has 12 heteroatoms. The van der Waals surface area contributed by atoms with E-state index in [1.807, 2.05) is 0 Å². The zero-order valence-corrected chi connectivity index (χ0v) is 16.4. The lowest BCUT2D eigenvalue weighted by Gasteiger charge is -2.28. The minimum atomic E-state index is -4.75. The van der Waals surface area contributed by atoms with Crippen LogP contribution in [0.4, 0.5) is 26.3 Å². The van der Waals surface area contributed by atoms with Crippen molar-refractivity contribution < 1.29 is 35.9 Å². The van der Waals surface area contributed by atoms with Crippen molar-refractivity contribution in [2.75, 3.05) is 13.2 Å². The van der Waals surface area contributed by atoms with Crippen LogP contribution in [0, 0.1) is 0 Å². The summed E-state index contributed by atoms with van der Waals surface area (Å²) in [5.74, 6) is -0.946. The molecule has 2 aromatic heterocycles. The van der Waals surface area contributed by atoms with Gasteiger partial charge in [0.15, 0.2) is 0 Å². The quantitative estimate of drug-likeness (QED) is 0.569. The number of hydrogen-bond donors (Lipinski definition) is 0. The predicted molar refractivity (Wildman–Crippen MR) is 95.2 cm³/mol. The third-order valence-electron chi connectivity index (χ3n) is 4.07. The lowest BCUT2D eigenvalue weighted by Crippen LogP contribution is -2.42. The van der Waals surface area contributed by atoms with Crippen molar-refractivity contribution in [1.82, 2.24) is 14.9 Å². The summed E-state index contributed by atoms with van der Waals surface area (Å²) in [6.45, 7) is 3.06. The molecule has 1 amide bonds. The Morgan fingerprint density at radius 2 is 1.80 bits per heavy atom. The standard InChI is InChI=1S/C18H16ClF6N3O2/c1-3-28(16(29)15-14(19)12(6-7-26-15)18(23,24)25)10(2)9-30-13-5-4-11(8-27-13)17(20,21)22/h4-8,10H,3,9H2,1-2H3. The van der Waals surface area contributed by atoms with E-state index in [2.05, 4.69) is 9.97 Å². The first-order valence-electron chi connectivity index (χ1n) is 8.55. The SMILES string of the molecule is CCN(C(=O)c1nccc(C(F)(F)F)c1Cl)C(C)COc1ccc(C(F)(F)F)cn1. The number of carbonyl (C=O) groups is 1. The number of carbonyl (C=O) groups excluding carboxylic acids is 1. The van der Waals surface area contributed by atoms with E-state index in [1.165, 1.54) is 4.90 Å². The van der Waals surface area contributed by atoms with Gasteiger partial charge in [0.05, 0.1) is 22.2 Å². The van der Waals surface area contributed by atoms with E-state index < -0.39 is 46.1 Å². The van der Waals surface area contributed by atoms with Gasteiger partial charge in [-0.3, -0.25) is 4.79 Å². The largest absolute Gasteiger partial charge is 0.475 e. The molecule has 2 heterocycles. The molecule has 0 aromatic carbocycles. The molecular formula is C18H16ClF6N3O2. The lowest BCUT2D eigenvalue weighted by molar-refractivity contribution is -0.138. The van der Waals surface area contributed by atoms with E-state index in [0.717, 1.165) is 18.3 Å². The van der Waals surface area contributed by atoms with E-state index in [1.54, 1.807) is 13.8 Å². The second-order valence-electron chi connectivity index (χ2n) is 6.15.